The number of hydrogen-bond acceptors (Lipinski definition) is 5. The Morgan fingerprint density at radius 3 is 2.93 bits per heavy atom. The molecule has 1 saturated heterocycles. The molecular weight excluding hydrogens is 374 g/mol. The van der Waals surface area contributed by atoms with Gasteiger partial charge in [-0.25, -0.2) is 4.98 Å². The molecule has 0 saturated carbocycles. The van der Waals surface area contributed by atoms with Gasteiger partial charge < -0.3 is 15.0 Å². The number of carbonyl (C=O) groups excluding carboxylic acids is 2. The van der Waals surface area contributed by atoms with E-state index in [-0.39, 0.29) is 24.2 Å². The molecule has 1 aliphatic rings. The Morgan fingerprint density at radius 2 is 2.14 bits per heavy atom. The topological polar surface area (TPSA) is 71.5 Å². The third-order valence-electron chi connectivity index (χ3n) is 4.87. The van der Waals surface area contributed by atoms with E-state index >= 15 is 0 Å². The Hall–Kier alpha value is -2.93. The zero-order valence-electron chi connectivity index (χ0n) is 15.8. The Labute approximate surface area is 167 Å². The van der Waals surface area contributed by atoms with Crippen molar-refractivity contribution < 1.29 is 14.3 Å². The van der Waals surface area contributed by atoms with Gasteiger partial charge in [0.15, 0.2) is 0 Å². The van der Waals surface area contributed by atoms with Crippen molar-refractivity contribution in [3.63, 3.8) is 0 Å². The van der Waals surface area contributed by atoms with Crippen LogP contribution in [0.5, 0.6) is 5.75 Å². The maximum atomic E-state index is 12.6. The highest BCUT2D eigenvalue weighted by molar-refractivity contribution is 7.18. The number of thiazole rings is 1. The molecule has 1 atom stereocenters. The maximum Gasteiger partial charge on any atom is 0.227 e. The average molecular weight is 395 g/mol. The van der Waals surface area contributed by atoms with Gasteiger partial charge >= 0.3 is 0 Å². The number of benzene rings is 2. The van der Waals surface area contributed by atoms with Crippen molar-refractivity contribution in [3.05, 3.63) is 53.0 Å². The Bertz CT molecular complexity index is 1010. The fraction of sp³-hybridized carbons (Fsp3) is 0.286. The summed E-state index contributed by atoms with van der Waals surface area (Å²) in [4.78, 5) is 31.4. The quantitative estimate of drug-likeness (QED) is 0.720. The number of ether oxygens (including phenoxy) is 1. The van der Waals surface area contributed by atoms with Crippen molar-refractivity contribution in [1.29, 1.82) is 0 Å². The minimum atomic E-state index is -0.382. The molecule has 1 aromatic heterocycles. The second-order valence-corrected chi connectivity index (χ2v) is 7.99. The SMILES string of the molecule is COc1ccc(C)cc1N1CC(C(=O)NCc2nc3ccccc3s2)CC1=O. The van der Waals surface area contributed by atoms with Crippen LogP contribution in [0.3, 0.4) is 0 Å². The number of nitrogens with zero attached hydrogens (tertiary/aromatic N) is 2. The molecule has 0 bridgehead atoms. The highest BCUT2D eigenvalue weighted by Gasteiger charge is 2.36. The molecule has 3 aromatic rings. The number of rotatable bonds is 5. The minimum Gasteiger partial charge on any atom is -0.495 e. The number of aryl methyl sites for hydroxylation is 1. The van der Waals surface area contributed by atoms with Gasteiger partial charge in [0.1, 0.15) is 10.8 Å². The summed E-state index contributed by atoms with van der Waals surface area (Å²) in [5.41, 5.74) is 2.69. The fourth-order valence-corrected chi connectivity index (χ4v) is 4.34. The van der Waals surface area contributed by atoms with Crippen LogP contribution in [-0.4, -0.2) is 30.5 Å². The largest absolute Gasteiger partial charge is 0.495 e. The number of amides is 2. The smallest absolute Gasteiger partial charge is 0.227 e. The van der Waals surface area contributed by atoms with Crippen LogP contribution in [0.2, 0.25) is 0 Å². The lowest BCUT2D eigenvalue weighted by Gasteiger charge is -2.20. The molecule has 1 fully saturated rings. The molecule has 1 aliphatic heterocycles. The molecule has 7 heteroatoms. The Morgan fingerprint density at radius 1 is 1.32 bits per heavy atom. The van der Waals surface area contributed by atoms with Gasteiger partial charge in [0.25, 0.3) is 0 Å². The van der Waals surface area contributed by atoms with Gasteiger partial charge in [-0.3, -0.25) is 9.59 Å². The molecule has 1 N–H and O–H groups in total. The fourth-order valence-electron chi connectivity index (χ4n) is 3.43. The first kappa shape index (κ1) is 18.4. The zero-order chi connectivity index (χ0) is 19.7. The van der Waals surface area contributed by atoms with Crippen molar-refractivity contribution in [2.45, 2.75) is 19.9 Å². The normalized spacial score (nSPS) is 16.6. The highest BCUT2D eigenvalue weighted by atomic mass is 32.1. The number of aromatic nitrogens is 1. The van der Waals surface area contributed by atoms with Crippen LogP contribution >= 0.6 is 11.3 Å². The lowest BCUT2D eigenvalue weighted by molar-refractivity contribution is -0.126. The van der Waals surface area contributed by atoms with Gasteiger partial charge in [-0.15, -0.1) is 11.3 Å². The van der Waals surface area contributed by atoms with Crippen molar-refractivity contribution >= 4 is 39.1 Å². The number of nitrogens with one attached hydrogen (secondary N) is 1. The molecule has 0 aliphatic carbocycles. The highest BCUT2D eigenvalue weighted by Crippen LogP contribution is 2.34. The standard InChI is InChI=1S/C21H21N3O3S/c1-13-7-8-17(27-2)16(9-13)24-12-14(10-20(24)25)21(26)22-11-19-23-15-5-3-4-6-18(15)28-19/h3-9,14H,10-12H2,1-2H3,(H,22,26). The van der Waals surface area contributed by atoms with Crippen molar-refractivity contribution in [3.8, 4) is 5.75 Å². The lowest BCUT2D eigenvalue weighted by atomic mass is 10.1. The predicted molar refractivity (Wildman–Crippen MR) is 110 cm³/mol. The van der Waals surface area contributed by atoms with Crippen LogP contribution in [0.25, 0.3) is 10.2 Å². The molecule has 0 spiro atoms. The number of para-hydroxylation sites is 1. The second-order valence-electron chi connectivity index (χ2n) is 6.87. The molecule has 2 heterocycles. The molecule has 4 rings (SSSR count). The summed E-state index contributed by atoms with van der Waals surface area (Å²) in [6, 6.07) is 13.6. The third kappa shape index (κ3) is 3.57. The van der Waals surface area contributed by atoms with Gasteiger partial charge in [-0.05, 0) is 36.8 Å². The second kappa shape index (κ2) is 7.59. The van der Waals surface area contributed by atoms with E-state index < -0.39 is 0 Å². The van der Waals surface area contributed by atoms with E-state index in [9.17, 15) is 9.59 Å². The zero-order valence-corrected chi connectivity index (χ0v) is 16.6. The summed E-state index contributed by atoms with van der Waals surface area (Å²) >= 11 is 1.57. The predicted octanol–water partition coefficient (Wildman–Crippen LogP) is 3.28. The summed E-state index contributed by atoms with van der Waals surface area (Å²) in [6.07, 6.45) is 0.197. The van der Waals surface area contributed by atoms with E-state index in [1.807, 2.05) is 49.4 Å². The Balaban J connectivity index is 1.43. The molecule has 28 heavy (non-hydrogen) atoms. The van der Waals surface area contributed by atoms with Crippen LogP contribution in [0, 0.1) is 12.8 Å². The van der Waals surface area contributed by atoms with Crippen LogP contribution in [0.4, 0.5) is 5.69 Å². The molecule has 2 aromatic carbocycles. The van der Waals surface area contributed by atoms with Gasteiger partial charge in [-0.2, -0.15) is 0 Å². The first-order chi connectivity index (χ1) is 13.5. The first-order valence-electron chi connectivity index (χ1n) is 9.12. The summed E-state index contributed by atoms with van der Waals surface area (Å²) in [7, 11) is 1.58. The summed E-state index contributed by atoms with van der Waals surface area (Å²) < 4.78 is 6.49. The van der Waals surface area contributed by atoms with Crippen molar-refractivity contribution in [1.82, 2.24) is 10.3 Å². The monoisotopic (exact) mass is 395 g/mol. The molecule has 6 nitrogen and oxygen atoms in total. The number of carbonyl (C=O) groups is 2. The number of fused-ring (bicyclic) bond motifs is 1. The summed E-state index contributed by atoms with van der Waals surface area (Å²) in [5.74, 6) is 0.0624. The van der Waals surface area contributed by atoms with Gasteiger partial charge in [0.2, 0.25) is 11.8 Å². The van der Waals surface area contributed by atoms with E-state index in [4.69, 9.17) is 4.74 Å². The molecule has 2 amide bonds. The van der Waals surface area contributed by atoms with Gasteiger partial charge in [-0.1, -0.05) is 18.2 Å². The van der Waals surface area contributed by atoms with Gasteiger partial charge in [0, 0.05) is 13.0 Å². The summed E-state index contributed by atoms with van der Waals surface area (Å²) in [6.45, 7) is 2.69. The number of anilines is 1. The molecule has 0 radical (unpaired) electrons. The van der Waals surface area contributed by atoms with E-state index in [0.29, 0.717) is 24.5 Å². The van der Waals surface area contributed by atoms with Crippen LogP contribution in [0.15, 0.2) is 42.5 Å². The van der Waals surface area contributed by atoms with E-state index in [1.165, 1.54) is 0 Å². The number of hydrogen-bond donors (Lipinski definition) is 1. The van der Waals surface area contributed by atoms with Crippen molar-refractivity contribution in [2.75, 3.05) is 18.6 Å². The maximum absolute atomic E-state index is 12.6. The van der Waals surface area contributed by atoms with E-state index in [1.54, 1.807) is 23.3 Å². The average Bonchev–Trinajstić information content (AvgIpc) is 3.29. The number of methoxy groups -OCH3 is 1. The van der Waals surface area contributed by atoms with Crippen molar-refractivity contribution in [2.24, 2.45) is 5.92 Å². The molecule has 144 valence electrons. The minimum absolute atomic E-state index is 0.0657. The van der Waals surface area contributed by atoms with Crippen LogP contribution in [0.1, 0.15) is 17.0 Å². The first-order valence-corrected chi connectivity index (χ1v) is 9.94. The van der Waals surface area contributed by atoms with Crippen LogP contribution < -0.4 is 15.0 Å². The van der Waals surface area contributed by atoms with Gasteiger partial charge in [0.05, 0.1) is 35.5 Å². The van der Waals surface area contributed by atoms with E-state index in [0.717, 1.165) is 20.8 Å². The third-order valence-corrected chi connectivity index (χ3v) is 5.91. The summed E-state index contributed by atoms with van der Waals surface area (Å²) in [5, 5.41) is 3.79. The van der Waals surface area contributed by atoms with Crippen LogP contribution in [-0.2, 0) is 16.1 Å². The molecular formula is C21H21N3O3S. The Kier molecular flexibility index (Phi) is 5.00. The lowest BCUT2D eigenvalue weighted by Crippen LogP contribution is -2.32. The molecule has 1 unspecified atom stereocenters. The van der Waals surface area contributed by atoms with E-state index in [2.05, 4.69) is 10.3 Å².